The summed E-state index contributed by atoms with van der Waals surface area (Å²) in [4.78, 5) is 28.5. The fraction of sp³-hybridized carbons (Fsp3) is 0.600. The van der Waals surface area contributed by atoms with Crippen LogP contribution in [-0.4, -0.2) is 48.9 Å². The summed E-state index contributed by atoms with van der Waals surface area (Å²) in [6.45, 7) is 1.98. The molecule has 0 saturated carbocycles. The second-order valence-electron chi connectivity index (χ2n) is 4.47. The number of urea groups is 1. The molecule has 0 bridgehead atoms. The van der Waals surface area contributed by atoms with Crippen LogP contribution < -0.4 is 5.32 Å². The third kappa shape index (κ3) is 1.89. The van der Waals surface area contributed by atoms with Crippen molar-refractivity contribution in [3.8, 4) is 0 Å². The first kappa shape index (κ1) is 12.3. The molecule has 1 aliphatic heterocycles. The molecule has 8 nitrogen and oxygen atoms in total. The summed E-state index contributed by atoms with van der Waals surface area (Å²) in [5.41, 5.74) is -1.15. The van der Waals surface area contributed by atoms with Crippen LogP contribution in [0, 0.1) is 0 Å². The summed E-state index contributed by atoms with van der Waals surface area (Å²) in [6, 6.07) is -0.464. The highest BCUT2D eigenvalue weighted by Crippen LogP contribution is 2.29. The molecule has 2 heterocycles. The van der Waals surface area contributed by atoms with Crippen LogP contribution in [0.1, 0.15) is 19.8 Å². The van der Waals surface area contributed by atoms with Gasteiger partial charge in [0.1, 0.15) is 11.9 Å². The van der Waals surface area contributed by atoms with Gasteiger partial charge in [-0.1, -0.05) is 0 Å². The van der Waals surface area contributed by atoms with Gasteiger partial charge >= 0.3 is 12.0 Å². The first-order valence-corrected chi connectivity index (χ1v) is 5.61. The van der Waals surface area contributed by atoms with E-state index in [2.05, 4.69) is 15.4 Å². The molecule has 0 aromatic carbocycles. The predicted octanol–water partition coefficient (Wildman–Crippen LogP) is 0.286. The number of aryl methyl sites for hydroxylation is 1. The van der Waals surface area contributed by atoms with Crippen molar-refractivity contribution in [3.05, 3.63) is 6.33 Å². The third-order valence-electron chi connectivity index (χ3n) is 3.28. The lowest BCUT2D eigenvalue weighted by atomic mass is 10.00. The zero-order valence-corrected chi connectivity index (χ0v) is 10.3. The first-order valence-electron chi connectivity index (χ1n) is 5.61. The summed E-state index contributed by atoms with van der Waals surface area (Å²) in [5, 5.41) is 15.6. The van der Waals surface area contributed by atoms with Gasteiger partial charge in [-0.05, 0) is 19.8 Å². The van der Waals surface area contributed by atoms with E-state index in [0.717, 1.165) is 0 Å². The Morgan fingerprint density at radius 2 is 2.28 bits per heavy atom. The highest BCUT2D eigenvalue weighted by molar-refractivity contribution is 5.93. The maximum absolute atomic E-state index is 12.1. The highest BCUT2D eigenvalue weighted by Gasteiger charge is 2.46. The molecule has 1 aromatic rings. The Labute approximate surface area is 104 Å². The second kappa shape index (κ2) is 4.28. The standard InChI is InChI=1S/C10H15N5O3/c1-10(7(16)17)4-3-5-15(10)9(18)13-8-11-6-12-14(8)2/h6H,3-5H2,1-2H3,(H,16,17)(H,11,12,13,18). The van der Waals surface area contributed by atoms with Crippen LogP contribution in [0.25, 0.3) is 0 Å². The number of aliphatic carboxylic acids is 1. The number of amides is 2. The number of likely N-dealkylation sites (tertiary alicyclic amines) is 1. The Kier molecular flexibility index (Phi) is 2.93. The molecule has 1 unspecified atom stereocenters. The monoisotopic (exact) mass is 253 g/mol. The first-order chi connectivity index (χ1) is 8.45. The molecular formula is C10H15N5O3. The number of anilines is 1. The fourth-order valence-corrected chi connectivity index (χ4v) is 2.08. The number of carboxylic acids is 1. The number of carbonyl (C=O) groups is 2. The molecule has 1 aromatic heterocycles. The van der Waals surface area contributed by atoms with Crippen LogP contribution >= 0.6 is 0 Å². The predicted molar refractivity (Wildman–Crippen MR) is 62.0 cm³/mol. The molecule has 2 amide bonds. The van der Waals surface area contributed by atoms with E-state index < -0.39 is 17.5 Å². The normalized spacial score (nSPS) is 23.1. The number of aromatic nitrogens is 3. The van der Waals surface area contributed by atoms with Gasteiger partial charge in [0.2, 0.25) is 5.95 Å². The minimum atomic E-state index is -1.15. The Bertz CT molecular complexity index is 486. The van der Waals surface area contributed by atoms with Gasteiger partial charge in [-0.3, -0.25) is 5.32 Å². The molecule has 98 valence electrons. The summed E-state index contributed by atoms with van der Waals surface area (Å²) in [6.07, 6.45) is 2.44. The number of nitrogens with zero attached hydrogens (tertiary/aromatic N) is 4. The van der Waals surface area contributed by atoms with Gasteiger partial charge in [0.15, 0.2) is 0 Å². The molecular weight excluding hydrogens is 238 g/mol. The molecule has 0 spiro atoms. The number of nitrogens with one attached hydrogen (secondary N) is 1. The molecule has 2 rings (SSSR count). The second-order valence-corrected chi connectivity index (χ2v) is 4.47. The average Bonchev–Trinajstić information content (AvgIpc) is 2.87. The van der Waals surface area contributed by atoms with Crippen molar-refractivity contribution in [1.29, 1.82) is 0 Å². The minimum Gasteiger partial charge on any atom is -0.480 e. The van der Waals surface area contributed by atoms with E-state index in [-0.39, 0.29) is 0 Å². The lowest BCUT2D eigenvalue weighted by Gasteiger charge is -2.30. The van der Waals surface area contributed by atoms with Crippen LogP contribution in [-0.2, 0) is 11.8 Å². The Morgan fingerprint density at radius 3 is 2.83 bits per heavy atom. The number of rotatable bonds is 2. The molecule has 2 N–H and O–H groups in total. The van der Waals surface area contributed by atoms with Crippen molar-refractivity contribution in [3.63, 3.8) is 0 Å². The summed E-state index contributed by atoms with van der Waals surface area (Å²) >= 11 is 0. The van der Waals surface area contributed by atoms with Crippen molar-refractivity contribution in [2.45, 2.75) is 25.3 Å². The molecule has 18 heavy (non-hydrogen) atoms. The van der Waals surface area contributed by atoms with Crippen molar-refractivity contribution in [2.75, 3.05) is 11.9 Å². The van der Waals surface area contributed by atoms with Crippen molar-refractivity contribution >= 4 is 17.9 Å². The molecule has 1 saturated heterocycles. The van der Waals surface area contributed by atoms with Crippen molar-refractivity contribution in [2.24, 2.45) is 7.05 Å². The summed E-state index contributed by atoms with van der Waals surface area (Å²) < 4.78 is 1.41. The van der Waals surface area contributed by atoms with Crippen molar-refractivity contribution < 1.29 is 14.7 Å². The van der Waals surface area contributed by atoms with Gasteiger partial charge in [0.05, 0.1) is 0 Å². The quantitative estimate of drug-likeness (QED) is 0.788. The molecule has 1 atom stereocenters. The number of hydrogen-bond acceptors (Lipinski definition) is 4. The topological polar surface area (TPSA) is 100 Å². The average molecular weight is 253 g/mol. The zero-order chi connectivity index (χ0) is 13.3. The van der Waals surface area contributed by atoms with Gasteiger partial charge in [-0.15, -0.1) is 0 Å². The van der Waals surface area contributed by atoms with E-state index in [0.29, 0.717) is 25.3 Å². The number of carbonyl (C=O) groups excluding carboxylic acids is 1. The fourth-order valence-electron chi connectivity index (χ4n) is 2.08. The molecule has 8 heteroatoms. The van der Waals surface area contributed by atoms with Gasteiger partial charge in [0, 0.05) is 13.6 Å². The lowest BCUT2D eigenvalue weighted by molar-refractivity contribution is -0.146. The van der Waals surface area contributed by atoms with Crippen molar-refractivity contribution in [1.82, 2.24) is 19.7 Å². The van der Waals surface area contributed by atoms with E-state index in [9.17, 15) is 14.7 Å². The maximum Gasteiger partial charge on any atom is 0.329 e. The largest absolute Gasteiger partial charge is 0.480 e. The van der Waals surface area contributed by atoms with Crippen LogP contribution in [0.5, 0.6) is 0 Å². The third-order valence-corrected chi connectivity index (χ3v) is 3.28. The maximum atomic E-state index is 12.1. The lowest BCUT2D eigenvalue weighted by Crippen LogP contribution is -2.52. The SMILES string of the molecule is Cn1ncnc1NC(=O)N1CCCC1(C)C(=O)O. The van der Waals surface area contributed by atoms with E-state index in [1.807, 2.05) is 0 Å². The molecule has 1 aliphatic rings. The highest BCUT2D eigenvalue weighted by atomic mass is 16.4. The van der Waals surface area contributed by atoms with E-state index in [1.165, 1.54) is 15.9 Å². The number of hydrogen-bond donors (Lipinski definition) is 2. The molecule has 0 aliphatic carbocycles. The molecule has 0 radical (unpaired) electrons. The van der Waals surface area contributed by atoms with E-state index in [1.54, 1.807) is 14.0 Å². The van der Waals surface area contributed by atoms with E-state index >= 15 is 0 Å². The van der Waals surface area contributed by atoms with Gasteiger partial charge in [0.25, 0.3) is 0 Å². The minimum absolute atomic E-state index is 0.291. The Morgan fingerprint density at radius 1 is 1.56 bits per heavy atom. The smallest absolute Gasteiger partial charge is 0.329 e. The van der Waals surface area contributed by atoms with Crippen LogP contribution in [0.3, 0.4) is 0 Å². The number of carboxylic acid groups (broad SMARTS) is 1. The Hall–Kier alpha value is -2.12. The van der Waals surface area contributed by atoms with Gasteiger partial charge in [-0.25, -0.2) is 14.3 Å². The zero-order valence-electron chi connectivity index (χ0n) is 10.3. The van der Waals surface area contributed by atoms with Gasteiger partial charge in [-0.2, -0.15) is 10.1 Å². The van der Waals surface area contributed by atoms with Crippen LogP contribution in [0.15, 0.2) is 6.33 Å². The summed E-state index contributed by atoms with van der Waals surface area (Å²) in [7, 11) is 1.64. The molecule has 1 fully saturated rings. The van der Waals surface area contributed by atoms with Gasteiger partial charge < -0.3 is 10.0 Å². The summed E-state index contributed by atoms with van der Waals surface area (Å²) in [5.74, 6) is -0.701. The van der Waals surface area contributed by atoms with Crippen LogP contribution in [0.4, 0.5) is 10.7 Å². The Balaban J connectivity index is 2.14. The van der Waals surface area contributed by atoms with E-state index in [4.69, 9.17) is 0 Å². The van der Waals surface area contributed by atoms with Crippen LogP contribution in [0.2, 0.25) is 0 Å².